The van der Waals surface area contributed by atoms with Crippen LogP contribution in [0.1, 0.15) is 79.1 Å². The zero-order chi connectivity index (χ0) is 60.3. The molecule has 454 valence electrons. The number of hydrogen-bond donors (Lipinski definition) is 8. The van der Waals surface area contributed by atoms with Gasteiger partial charge in [-0.15, -0.1) is 0 Å². The number of nitrogens with one attached hydrogen (secondary N) is 1. The summed E-state index contributed by atoms with van der Waals surface area (Å²) >= 11 is 0. The zero-order valence-corrected chi connectivity index (χ0v) is 48.9. The maximum absolute atomic E-state index is 14.1. The van der Waals surface area contributed by atoms with Crippen molar-refractivity contribution in [2.75, 3.05) is 35.0 Å². The standard InChI is InChI=1S/C59H88N2O20/c1-15-17-19-27-39-58(8,9)53(80-56-45(67)50(74-13)49(35(7)76-56)79-57-51(75-14)44(66)48(73-12)34(6)77-57)52(68)59(71,81-39)36(16-2)54(69)60-29-23-22-25-32(4)46(72-11)33(5)47-43(65)42(64)38(78-47)26-21-18-20-24-31(3)41(63)40-37(62)28-30-61(10)55(40)70/h15,17-28,30,33-36,38-39,42-53,56-57,62,64-68,71H,16,29H2,1-14H3,(H,60,69)/t33?,34?,35?,36?,38?,39?,42?,43?,44?,45?,46?,47?,48?,49?,50?,51?,52?,53?,56?,57?,59-/m1/s1. The third-order valence-electron chi connectivity index (χ3n) is 15.8. The van der Waals surface area contributed by atoms with Crippen molar-refractivity contribution < 1.29 is 92.7 Å². The maximum atomic E-state index is 14.1. The number of Topliss-reactive ketones (excluding diaryl/α,β-unsaturated/α-hetero) is 1. The summed E-state index contributed by atoms with van der Waals surface area (Å²) in [6, 6.07) is 1.27. The second-order valence-electron chi connectivity index (χ2n) is 21.7. The number of ether oxygens (including phenoxy) is 10. The maximum Gasteiger partial charge on any atom is 0.265 e. The van der Waals surface area contributed by atoms with Gasteiger partial charge in [-0.2, -0.15) is 0 Å². The molecule has 5 rings (SSSR count). The molecule has 1 amide bonds. The summed E-state index contributed by atoms with van der Waals surface area (Å²) in [7, 11) is 7.22. The molecule has 4 aliphatic rings. The predicted molar refractivity (Wildman–Crippen MR) is 296 cm³/mol. The van der Waals surface area contributed by atoms with Crippen LogP contribution in [0.4, 0.5) is 0 Å². The smallest absolute Gasteiger partial charge is 0.265 e. The molecule has 0 aromatic carbocycles. The van der Waals surface area contributed by atoms with Crippen molar-refractivity contribution in [3.8, 4) is 5.75 Å². The number of aliphatic hydroxyl groups is 6. The second-order valence-corrected chi connectivity index (χ2v) is 21.7. The molecule has 0 aliphatic carbocycles. The topological polar surface area (TPSA) is 302 Å². The Hall–Kier alpha value is -4.57. The predicted octanol–water partition coefficient (Wildman–Crippen LogP) is 2.75. The van der Waals surface area contributed by atoms with Crippen molar-refractivity contribution in [1.29, 1.82) is 0 Å². The summed E-state index contributed by atoms with van der Waals surface area (Å²) in [4.78, 5) is 39.4. The number of nitrogens with zero attached hydrogens (tertiary/aromatic N) is 1. The molecule has 0 bridgehead atoms. The molecular weight excluding hydrogens is 1060 g/mol. The minimum absolute atomic E-state index is 0.000641. The number of hydrogen-bond acceptors (Lipinski definition) is 20. The molecule has 22 nitrogen and oxygen atoms in total. The van der Waals surface area contributed by atoms with E-state index in [0.29, 0.717) is 0 Å². The van der Waals surface area contributed by atoms with Crippen LogP contribution in [0.3, 0.4) is 0 Å². The van der Waals surface area contributed by atoms with Crippen LogP contribution in [0.2, 0.25) is 0 Å². The Morgan fingerprint density at radius 1 is 0.802 bits per heavy atom. The number of carbonyl (C=O) groups is 2. The number of amides is 1. The first kappa shape index (κ1) is 67.2. The van der Waals surface area contributed by atoms with Gasteiger partial charge in [-0.3, -0.25) is 14.4 Å². The molecule has 8 N–H and O–H groups in total. The van der Waals surface area contributed by atoms with Crippen molar-refractivity contribution in [2.24, 2.45) is 24.3 Å². The number of rotatable bonds is 24. The van der Waals surface area contributed by atoms with Gasteiger partial charge < -0.3 is 93.0 Å². The fourth-order valence-corrected chi connectivity index (χ4v) is 11.0. The number of allylic oxidation sites excluding steroid dienone is 10. The van der Waals surface area contributed by atoms with Crippen LogP contribution in [0.15, 0.2) is 101 Å². The summed E-state index contributed by atoms with van der Waals surface area (Å²) in [5.74, 6) is -6.00. The van der Waals surface area contributed by atoms with Crippen molar-refractivity contribution in [3.05, 3.63) is 112 Å². The number of aryl methyl sites for hydroxylation is 1. The first-order valence-electron chi connectivity index (χ1n) is 27.4. The summed E-state index contributed by atoms with van der Waals surface area (Å²) in [5.41, 5.74) is -1.14. The van der Waals surface area contributed by atoms with E-state index in [9.17, 15) is 50.1 Å². The molecule has 0 radical (unpaired) electrons. The molecule has 5 heterocycles. The van der Waals surface area contributed by atoms with Crippen molar-refractivity contribution >= 4 is 11.7 Å². The van der Waals surface area contributed by atoms with Crippen LogP contribution in [0.5, 0.6) is 5.75 Å². The van der Waals surface area contributed by atoms with Crippen LogP contribution < -0.4 is 10.9 Å². The first-order valence-corrected chi connectivity index (χ1v) is 27.4. The van der Waals surface area contributed by atoms with Crippen molar-refractivity contribution in [2.45, 2.75) is 185 Å². The highest BCUT2D eigenvalue weighted by molar-refractivity contribution is 6.09. The lowest BCUT2D eigenvalue weighted by molar-refractivity contribution is -0.399. The van der Waals surface area contributed by atoms with E-state index in [2.05, 4.69) is 5.32 Å². The van der Waals surface area contributed by atoms with Crippen molar-refractivity contribution in [1.82, 2.24) is 9.88 Å². The summed E-state index contributed by atoms with van der Waals surface area (Å²) in [5, 5.41) is 82.6. The number of aliphatic hydroxyl groups excluding tert-OH is 5. The third kappa shape index (κ3) is 15.0. The summed E-state index contributed by atoms with van der Waals surface area (Å²) in [6.07, 6.45) is 1.89. The Kier molecular flexibility index (Phi) is 24.7. The van der Waals surface area contributed by atoms with Gasteiger partial charge in [-0.25, -0.2) is 0 Å². The number of methoxy groups -OCH3 is 4. The van der Waals surface area contributed by atoms with Gasteiger partial charge >= 0.3 is 0 Å². The van der Waals surface area contributed by atoms with Gasteiger partial charge in [-0.05, 0) is 58.3 Å². The minimum Gasteiger partial charge on any atom is -0.507 e. The average molecular weight is 1150 g/mol. The Bertz CT molecular complexity index is 2520. The number of ketones is 1. The molecule has 22 heteroatoms. The molecule has 0 spiro atoms. The van der Waals surface area contributed by atoms with Crippen LogP contribution in [-0.4, -0.2) is 203 Å². The summed E-state index contributed by atoms with van der Waals surface area (Å²) < 4.78 is 61.5. The van der Waals surface area contributed by atoms with Gasteiger partial charge in [0.2, 0.25) is 11.7 Å². The van der Waals surface area contributed by atoms with E-state index in [0.717, 1.165) is 5.57 Å². The van der Waals surface area contributed by atoms with Gasteiger partial charge in [0.25, 0.3) is 5.56 Å². The zero-order valence-electron chi connectivity index (χ0n) is 48.9. The van der Waals surface area contributed by atoms with Crippen LogP contribution in [0, 0.1) is 17.3 Å². The molecule has 1 aromatic heterocycles. The van der Waals surface area contributed by atoms with Gasteiger partial charge in [0.15, 0.2) is 18.4 Å². The number of pyridine rings is 1. The van der Waals surface area contributed by atoms with Crippen molar-refractivity contribution in [3.63, 3.8) is 0 Å². The van der Waals surface area contributed by atoms with E-state index in [4.69, 9.17) is 47.4 Å². The van der Waals surface area contributed by atoms with Crippen LogP contribution in [-0.2, 0) is 59.2 Å². The van der Waals surface area contributed by atoms with E-state index in [1.54, 1.807) is 101 Å². The Balaban J connectivity index is 1.24. The van der Waals surface area contributed by atoms with Gasteiger partial charge in [0.1, 0.15) is 72.4 Å². The van der Waals surface area contributed by atoms with Crippen LogP contribution >= 0.6 is 0 Å². The quantitative estimate of drug-likeness (QED) is 0.0419. The second kappa shape index (κ2) is 29.8. The van der Waals surface area contributed by atoms with E-state index in [-0.39, 0.29) is 24.1 Å². The Morgan fingerprint density at radius 2 is 1.44 bits per heavy atom. The van der Waals surface area contributed by atoms with Gasteiger partial charge in [0.05, 0.1) is 42.5 Å². The first-order chi connectivity index (χ1) is 38.3. The third-order valence-corrected chi connectivity index (χ3v) is 15.8. The molecule has 81 heavy (non-hydrogen) atoms. The highest BCUT2D eigenvalue weighted by Gasteiger charge is 2.63. The monoisotopic (exact) mass is 1140 g/mol. The highest BCUT2D eigenvalue weighted by atomic mass is 16.8. The highest BCUT2D eigenvalue weighted by Crippen LogP contribution is 2.47. The molecule has 20 unspecified atom stereocenters. The summed E-state index contributed by atoms with van der Waals surface area (Å²) in [6.45, 7) is 15.6. The molecule has 4 fully saturated rings. The lowest BCUT2D eigenvalue weighted by Crippen LogP contribution is -2.71. The lowest BCUT2D eigenvalue weighted by atomic mass is 9.70. The van der Waals surface area contributed by atoms with E-state index in [1.807, 2.05) is 20.8 Å². The SMILES string of the molecule is CC=CC=CC1O[C@](O)(C(CC)C(=O)NCC=CC=C(C)C(OC)C(C)C2OC(C=CC=CC=C(C)C(=O)c3c(O)ccn(C)c3=O)C(O)C2O)C(O)C(OC2OC(C)C(OC3OC(C)C(OC)C(O)C3OC)C(OC)C2O)C1(C)C. The molecule has 21 atom stereocenters. The normalized spacial score (nSPS) is 36.3. The molecule has 0 saturated carbocycles. The Morgan fingerprint density at radius 3 is 2.07 bits per heavy atom. The Labute approximate surface area is 474 Å². The van der Waals surface area contributed by atoms with E-state index >= 15 is 0 Å². The number of aromatic hydroxyl groups is 1. The van der Waals surface area contributed by atoms with E-state index < -0.39 is 156 Å². The average Bonchev–Trinajstić information content (AvgIpc) is 3.72. The van der Waals surface area contributed by atoms with Gasteiger partial charge in [-0.1, -0.05) is 101 Å². The lowest BCUT2D eigenvalue weighted by Gasteiger charge is -2.55. The number of aromatic nitrogens is 1. The van der Waals surface area contributed by atoms with E-state index in [1.165, 1.54) is 65.3 Å². The minimum atomic E-state index is -2.53. The fraction of sp³-hybridized carbons (Fsp3) is 0.644. The number of carbonyl (C=O) groups excluding carboxylic acids is 2. The molecule has 4 saturated heterocycles. The molecule has 4 aliphatic heterocycles. The molecule has 1 aromatic rings. The van der Waals surface area contributed by atoms with Gasteiger partial charge in [0, 0.05) is 59.6 Å². The van der Waals surface area contributed by atoms with Crippen LogP contribution in [0.25, 0.3) is 0 Å². The fourth-order valence-electron chi connectivity index (χ4n) is 11.0. The largest absolute Gasteiger partial charge is 0.507 e. The molecular formula is C59H88N2O20.